The molecule has 1 rings (SSSR count). The highest BCUT2D eigenvalue weighted by Crippen LogP contribution is 2.07. The van der Waals surface area contributed by atoms with Crippen molar-refractivity contribution in [3.63, 3.8) is 0 Å². The van der Waals surface area contributed by atoms with Crippen LogP contribution in [0.3, 0.4) is 0 Å². The average molecular weight is 218 g/mol. The van der Waals surface area contributed by atoms with Crippen molar-refractivity contribution < 1.29 is 9.47 Å². The lowest BCUT2D eigenvalue weighted by molar-refractivity contribution is 0.0498. The van der Waals surface area contributed by atoms with E-state index in [1.165, 1.54) is 13.2 Å². The fraction of sp³-hybridized carbons (Fsp3) is 0.444. The molecule has 0 atom stereocenters. The zero-order valence-corrected chi connectivity index (χ0v) is 8.87. The fourth-order valence-electron chi connectivity index (χ4n) is 1.01. The maximum Gasteiger partial charge on any atom is 0.223 e. The SMILES string of the molecule is COCOc1cn(C)c(CCl)cc1=O. The molecule has 0 unspecified atom stereocenters. The van der Waals surface area contributed by atoms with Crippen LogP contribution in [0.5, 0.6) is 5.75 Å². The zero-order valence-electron chi connectivity index (χ0n) is 8.12. The molecule has 0 saturated carbocycles. The first kappa shape index (κ1) is 11.1. The summed E-state index contributed by atoms with van der Waals surface area (Å²) in [7, 11) is 3.30. The van der Waals surface area contributed by atoms with Gasteiger partial charge in [-0.25, -0.2) is 0 Å². The van der Waals surface area contributed by atoms with Crippen LogP contribution in [0.25, 0.3) is 0 Å². The molecule has 5 heteroatoms. The van der Waals surface area contributed by atoms with Gasteiger partial charge < -0.3 is 14.0 Å². The standard InChI is InChI=1S/C9H12ClNO3/c1-11-5-9(14-6-13-2)8(12)3-7(11)4-10/h3,5H,4,6H2,1-2H3. The molecule has 0 bridgehead atoms. The van der Waals surface area contributed by atoms with E-state index in [9.17, 15) is 4.79 Å². The van der Waals surface area contributed by atoms with E-state index >= 15 is 0 Å². The Kier molecular flexibility index (Phi) is 3.98. The highest BCUT2D eigenvalue weighted by Gasteiger charge is 2.04. The van der Waals surface area contributed by atoms with E-state index in [1.54, 1.807) is 17.8 Å². The third-order valence-electron chi connectivity index (χ3n) is 1.77. The van der Waals surface area contributed by atoms with Crippen molar-refractivity contribution in [3.8, 4) is 5.75 Å². The Hall–Kier alpha value is -1.00. The second-order valence-electron chi connectivity index (χ2n) is 2.79. The minimum Gasteiger partial charge on any atom is -0.462 e. The van der Waals surface area contributed by atoms with Crippen molar-refractivity contribution in [3.05, 3.63) is 28.2 Å². The highest BCUT2D eigenvalue weighted by molar-refractivity contribution is 6.16. The minimum absolute atomic E-state index is 0.0649. The van der Waals surface area contributed by atoms with Gasteiger partial charge >= 0.3 is 0 Å². The molecule has 0 fully saturated rings. The minimum atomic E-state index is -0.184. The van der Waals surface area contributed by atoms with Crippen LogP contribution in [0.1, 0.15) is 5.69 Å². The molecule has 14 heavy (non-hydrogen) atoms. The van der Waals surface area contributed by atoms with Crippen molar-refractivity contribution in [2.24, 2.45) is 7.05 Å². The van der Waals surface area contributed by atoms with E-state index in [2.05, 4.69) is 0 Å². The monoisotopic (exact) mass is 217 g/mol. The third-order valence-corrected chi connectivity index (χ3v) is 2.05. The lowest BCUT2D eigenvalue weighted by atomic mass is 10.3. The first-order valence-electron chi connectivity index (χ1n) is 4.06. The molecule has 0 amide bonds. The second-order valence-corrected chi connectivity index (χ2v) is 3.06. The molecule has 1 heterocycles. The number of ether oxygens (including phenoxy) is 2. The number of pyridine rings is 1. The number of nitrogens with zero attached hydrogens (tertiary/aromatic N) is 1. The van der Waals surface area contributed by atoms with Gasteiger partial charge in [0.2, 0.25) is 5.43 Å². The molecular formula is C9H12ClNO3. The number of halogens is 1. The molecule has 0 saturated heterocycles. The molecule has 1 aromatic rings. The van der Waals surface area contributed by atoms with Gasteiger partial charge in [0.05, 0.1) is 12.1 Å². The van der Waals surface area contributed by atoms with Gasteiger partial charge in [0.1, 0.15) is 0 Å². The summed E-state index contributed by atoms with van der Waals surface area (Å²) in [5.74, 6) is 0.569. The third kappa shape index (κ3) is 2.49. The average Bonchev–Trinajstić information content (AvgIpc) is 2.18. The fourth-order valence-corrected chi connectivity index (χ4v) is 1.28. The predicted molar refractivity (Wildman–Crippen MR) is 53.7 cm³/mol. The van der Waals surface area contributed by atoms with E-state index in [1.807, 2.05) is 0 Å². The van der Waals surface area contributed by atoms with Gasteiger partial charge in [0, 0.05) is 25.9 Å². The van der Waals surface area contributed by atoms with Crippen LogP contribution in [-0.2, 0) is 17.7 Å². The molecule has 78 valence electrons. The van der Waals surface area contributed by atoms with Crippen molar-refractivity contribution in [2.75, 3.05) is 13.9 Å². The Morgan fingerprint density at radius 2 is 2.29 bits per heavy atom. The van der Waals surface area contributed by atoms with E-state index in [0.717, 1.165) is 5.69 Å². The molecule has 0 aliphatic carbocycles. The molecule has 0 spiro atoms. The quantitative estimate of drug-likeness (QED) is 0.560. The summed E-state index contributed by atoms with van der Waals surface area (Å²) in [5.41, 5.74) is 0.567. The molecule has 4 nitrogen and oxygen atoms in total. The number of hydrogen-bond donors (Lipinski definition) is 0. The van der Waals surface area contributed by atoms with Gasteiger partial charge in [-0.3, -0.25) is 4.79 Å². The first-order chi connectivity index (χ1) is 6.69. The number of hydrogen-bond acceptors (Lipinski definition) is 3. The summed E-state index contributed by atoms with van der Waals surface area (Å²) in [6.07, 6.45) is 1.60. The highest BCUT2D eigenvalue weighted by atomic mass is 35.5. The second kappa shape index (κ2) is 5.02. The maximum atomic E-state index is 11.4. The Balaban J connectivity index is 2.97. The normalized spacial score (nSPS) is 10.2. The maximum absolute atomic E-state index is 11.4. The van der Waals surface area contributed by atoms with Crippen molar-refractivity contribution in [2.45, 2.75) is 5.88 Å². The Morgan fingerprint density at radius 3 is 2.86 bits per heavy atom. The molecule has 0 aliphatic heterocycles. The number of rotatable bonds is 4. The Morgan fingerprint density at radius 1 is 1.57 bits per heavy atom. The van der Waals surface area contributed by atoms with Crippen LogP contribution in [0.2, 0.25) is 0 Å². The molecule has 0 aliphatic rings. The van der Waals surface area contributed by atoms with Gasteiger partial charge in [-0.15, -0.1) is 11.6 Å². The lowest BCUT2D eigenvalue weighted by Crippen LogP contribution is -2.14. The van der Waals surface area contributed by atoms with Crippen LogP contribution in [0.4, 0.5) is 0 Å². The number of alkyl halides is 1. The first-order valence-corrected chi connectivity index (χ1v) is 4.59. The van der Waals surface area contributed by atoms with Crippen LogP contribution >= 0.6 is 11.6 Å². The van der Waals surface area contributed by atoms with Crippen molar-refractivity contribution in [1.82, 2.24) is 4.57 Å². The zero-order chi connectivity index (χ0) is 10.6. The molecule has 1 aromatic heterocycles. The van der Waals surface area contributed by atoms with Gasteiger partial charge in [-0.1, -0.05) is 0 Å². The predicted octanol–water partition coefficient (Wildman–Crippen LogP) is 1.11. The molecule has 0 aromatic carbocycles. The van der Waals surface area contributed by atoms with Crippen molar-refractivity contribution >= 4 is 11.6 Å². The molecular weight excluding hydrogens is 206 g/mol. The van der Waals surface area contributed by atoms with E-state index in [4.69, 9.17) is 21.1 Å². The number of methoxy groups -OCH3 is 1. The number of aryl methyl sites for hydroxylation is 1. The van der Waals surface area contributed by atoms with Crippen LogP contribution in [0, 0.1) is 0 Å². The van der Waals surface area contributed by atoms with E-state index in [-0.39, 0.29) is 18.0 Å². The smallest absolute Gasteiger partial charge is 0.223 e. The summed E-state index contributed by atoms with van der Waals surface area (Å²) in [4.78, 5) is 11.4. The summed E-state index contributed by atoms with van der Waals surface area (Å²) in [6, 6.07) is 1.46. The number of aromatic nitrogens is 1. The van der Waals surface area contributed by atoms with Gasteiger partial charge in [-0.2, -0.15) is 0 Å². The van der Waals surface area contributed by atoms with Gasteiger partial charge in [0.15, 0.2) is 12.5 Å². The van der Waals surface area contributed by atoms with E-state index in [0.29, 0.717) is 5.88 Å². The van der Waals surface area contributed by atoms with Gasteiger partial charge in [-0.05, 0) is 0 Å². The van der Waals surface area contributed by atoms with E-state index < -0.39 is 0 Å². The summed E-state index contributed by atoms with van der Waals surface area (Å²) >= 11 is 5.64. The molecule has 0 N–H and O–H groups in total. The largest absolute Gasteiger partial charge is 0.462 e. The lowest BCUT2D eigenvalue weighted by Gasteiger charge is -2.08. The summed E-state index contributed by atoms with van der Waals surface area (Å²) in [6.45, 7) is 0.0649. The molecule has 0 radical (unpaired) electrons. The van der Waals surface area contributed by atoms with Crippen molar-refractivity contribution in [1.29, 1.82) is 0 Å². The summed E-state index contributed by atoms with van der Waals surface area (Å²) < 4.78 is 11.5. The topological polar surface area (TPSA) is 40.5 Å². The van der Waals surface area contributed by atoms with Gasteiger partial charge in [0.25, 0.3) is 0 Å². The van der Waals surface area contributed by atoms with Crippen LogP contribution < -0.4 is 10.2 Å². The van der Waals surface area contributed by atoms with Crippen LogP contribution in [0.15, 0.2) is 17.1 Å². The Bertz CT molecular complexity index is 362. The van der Waals surface area contributed by atoms with Crippen LogP contribution in [-0.4, -0.2) is 18.5 Å². The Labute approximate surface area is 87.0 Å². The summed E-state index contributed by atoms with van der Waals surface area (Å²) in [5, 5.41) is 0.